The van der Waals surface area contributed by atoms with Crippen molar-refractivity contribution in [1.82, 2.24) is 9.78 Å². The number of hydrogen-bond donors (Lipinski definition) is 1. The van der Waals surface area contributed by atoms with Crippen molar-refractivity contribution in [3.63, 3.8) is 0 Å². The maximum Gasteiger partial charge on any atom is 0.267 e. The molecule has 0 atom stereocenters. The number of rotatable bonds is 4. The van der Waals surface area contributed by atoms with E-state index in [1.165, 1.54) is 17.4 Å². The Balaban J connectivity index is 1.76. The molecule has 2 aromatic heterocycles. The number of nitrogens with one attached hydrogen (secondary N) is 1. The highest BCUT2D eigenvalue weighted by atomic mass is 35.5. The smallest absolute Gasteiger partial charge is 0.267 e. The molecule has 2 heterocycles. The van der Waals surface area contributed by atoms with E-state index in [4.69, 9.17) is 11.6 Å². The molecule has 0 aliphatic rings. The number of aromatic nitrogens is 2. The number of thiophene rings is 1. The van der Waals surface area contributed by atoms with Gasteiger partial charge >= 0.3 is 0 Å². The number of anilines is 1. The lowest BCUT2D eigenvalue weighted by atomic mass is 10.3. The number of halogens is 1. The highest BCUT2D eigenvalue weighted by molar-refractivity contribution is 7.13. The molecule has 0 saturated carbocycles. The topological polar surface area (TPSA) is 64.0 Å². The molecule has 3 rings (SSSR count). The maximum absolute atomic E-state index is 12.1. The quantitative estimate of drug-likeness (QED) is 0.789. The lowest BCUT2D eigenvalue weighted by Gasteiger charge is -2.07. The van der Waals surface area contributed by atoms with Crippen LogP contribution < -0.4 is 10.9 Å². The minimum absolute atomic E-state index is 0.152. The van der Waals surface area contributed by atoms with Crippen molar-refractivity contribution in [2.45, 2.75) is 6.54 Å². The van der Waals surface area contributed by atoms with Crippen molar-refractivity contribution in [3.8, 4) is 10.6 Å². The molecule has 1 amide bonds. The summed E-state index contributed by atoms with van der Waals surface area (Å²) >= 11 is 7.32. The molecule has 0 radical (unpaired) electrons. The summed E-state index contributed by atoms with van der Waals surface area (Å²) in [6.07, 6.45) is 0. The molecule has 23 heavy (non-hydrogen) atoms. The van der Waals surface area contributed by atoms with Gasteiger partial charge in [0.25, 0.3) is 5.56 Å². The highest BCUT2D eigenvalue weighted by Crippen LogP contribution is 2.21. The third kappa shape index (κ3) is 3.85. The number of carbonyl (C=O) groups excluding carboxylic acids is 1. The summed E-state index contributed by atoms with van der Waals surface area (Å²) in [5.74, 6) is -0.328. The van der Waals surface area contributed by atoms with Crippen LogP contribution in [0.1, 0.15) is 0 Å². The number of carbonyl (C=O) groups is 1. The maximum atomic E-state index is 12.1. The monoisotopic (exact) mass is 345 g/mol. The molecule has 3 aromatic rings. The Kier molecular flexibility index (Phi) is 4.55. The molecule has 1 N–H and O–H groups in total. The molecule has 0 aliphatic carbocycles. The second kappa shape index (κ2) is 6.76. The van der Waals surface area contributed by atoms with E-state index in [2.05, 4.69) is 10.4 Å². The fourth-order valence-electron chi connectivity index (χ4n) is 1.99. The van der Waals surface area contributed by atoms with E-state index >= 15 is 0 Å². The van der Waals surface area contributed by atoms with Crippen LogP contribution in [0, 0.1) is 0 Å². The Morgan fingerprint density at radius 2 is 1.96 bits per heavy atom. The molecule has 0 unspecified atom stereocenters. The first kappa shape index (κ1) is 15.5. The number of amides is 1. The number of benzene rings is 1. The van der Waals surface area contributed by atoms with Gasteiger partial charge in [0, 0.05) is 16.8 Å². The fourth-order valence-corrected chi connectivity index (χ4v) is 2.80. The molecular weight excluding hydrogens is 334 g/mol. The zero-order chi connectivity index (χ0) is 16.2. The molecule has 5 nitrogen and oxygen atoms in total. The van der Waals surface area contributed by atoms with E-state index in [0.717, 1.165) is 9.56 Å². The summed E-state index contributed by atoms with van der Waals surface area (Å²) < 4.78 is 1.15. The molecule has 0 saturated heterocycles. The first-order valence-electron chi connectivity index (χ1n) is 6.79. The average molecular weight is 346 g/mol. The van der Waals surface area contributed by atoms with Gasteiger partial charge in [0.15, 0.2) is 0 Å². The Bertz CT molecular complexity index is 873. The third-order valence-electron chi connectivity index (χ3n) is 3.06. The van der Waals surface area contributed by atoms with Gasteiger partial charge in [-0.1, -0.05) is 17.7 Å². The minimum Gasteiger partial charge on any atom is -0.324 e. The second-order valence-electron chi connectivity index (χ2n) is 4.75. The predicted octanol–water partition coefficient (Wildman–Crippen LogP) is 3.26. The first-order valence-corrected chi connectivity index (χ1v) is 8.05. The molecule has 116 valence electrons. The number of nitrogens with zero attached hydrogens (tertiary/aromatic N) is 2. The van der Waals surface area contributed by atoms with E-state index in [1.54, 1.807) is 30.3 Å². The van der Waals surface area contributed by atoms with Gasteiger partial charge in [0.05, 0.1) is 4.88 Å². The summed E-state index contributed by atoms with van der Waals surface area (Å²) in [6, 6.07) is 13.6. The van der Waals surface area contributed by atoms with Crippen molar-refractivity contribution in [2.75, 3.05) is 5.32 Å². The van der Waals surface area contributed by atoms with Crippen LogP contribution in [0.2, 0.25) is 5.02 Å². The van der Waals surface area contributed by atoms with Crippen LogP contribution in [0.15, 0.2) is 58.7 Å². The van der Waals surface area contributed by atoms with Crippen LogP contribution >= 0.6 is 22.9 Å². The third-order valence-corrected chi connectivity index (χ3v) is 4.21. The van der Waals surface area contributed by atoms with Crippen molar-refractivity contribution in [1.29, 1.82) is 0 Å². The van der Waals surface area contributed by atoms with E-state index in [9.17, 15) is 9.59 Å². The molecule has 7 heteroatoms. The van der Waals surface area contributed by atoms with Crippen molar-refractivity contribution >= 4 is 34.5 Å². The number of hydrogen-bond acceptors (Lipinski definition) is 4. The van der Waals surface area contributed by atoms with Crippen LogP contribution in [-0.4, -0.2) is 15.7 Å². The zero-order valence-electron chi connectivity index (χ0n) is 11.9. The van der Waals surface area contributed by atoms with Crippen molar-refractivity contribution in [3.05, 3.63) is 69.3 Å². The fraction of sp³-hybridized carbons (Fsp3) is 0.0625. The predicted molar refractivity (Wildman–Crippen MR) is 91.9 cm³/mol. The van der Waals surface area contributed by atoms with Crippen LogP contribution in [0.3, 0.4) is 0 Å². The van der Waals surface area contributed by atoms with Crippen LogP contribution in [0.25, 0.3) is 10.6 Å². The summed E-state index contributed by atoms with van der Waals surface area (Å²) in [5.41, 5.74) is 0.956. The normalized spacial score (nSPS) is 10.5. The van der Waals surface area contributed by atoms with Crippen molar-refractivity contribution in [2.24, 2.45) is 0 Å². The van der Waals surface area contributed by atoms with Crippen LogP contribution in [-0.2, 0) is 11.3 Å². The Morgan fingerprint density at radius 3 is 2.65 bits per heavy atom. The van der Waals surface area contributed by atoms with Gasteiger partial charge in [-0.3, -0.25) is 9.59 Å². The highest BCUT2D eigenvalue weighted by Gasteiger charge is 2.09. The zero-order valence-corrected chi connectivity index (χ0v) is 13.5. The molecule has 0 spiro atoms. The minimum atomic E-state index is -0.328. The summed E-state index contributed by atoms with van der Waals surface area (Å²) in [7, 11) is 0. The summed E-state index contributed by atoms with van der Waals surface area (Å²) in [5, 5.41) is 9.47. The van der Waals surface area contributed by atoms with Gasteiger partial charge in [-0.2, -0.15) is 5.10 Å². The Labute approximate surface area is 141 Å². The standard InChI is InChI=1S/C16H12ClN3O2S/c17-11-3-5-12(6-4-11)18-15(21)10-20-16(22)8-7-13(19-20)14-2-1-9-23-14/h1-9H,10H2,(H,18,21). The van der Waals surface area contributed by atoms with Crippen LogP contribution in [0.5, 0.6) is 0 Å². The second-order valence-corrected chi connectivity index (χ2v) is 6.13. The molecular formula is C16H12ClN3O2S. The van der Waals surface area contributed by atoms with E-state index in [0.29, 0.717) is 16.4 Å². The van der Waals surface area contributed by atoms with E-state index in [-0.39, 0.29) is 18.0 Å². The van der Waals surface area contributed by atoms with Gasteiger partial charge in [0.1, 0.15) is 12.2 Å². The summed E-state index contributed by atoms with van der Waals surface area (Å²) in [4.78, 5) is 24.9. The largest absolute Gasteiger partial charge is 0.324 e. The lowest BCUT2D eigenvalue weighted by Crippen LogP contribution is -2.29. The first-order chi connectivity index (χ1) is 11.1. The summed E-state index contributed by atoms with van der Waals surface area (Å²) in [6.45, 7) is -0.152. The molecule has 1 aromatic carbocycles. The molecule has 0 bridgehead atoms. The van der Waals surface area contributed by atoms with Gasteiger partial charge in [-0.25, -0.2) is 4.68 Å². The Hall–Kier alpha value is -2.44. The molecule has 0 aliphatic heterocycles. The van der Waals surface area contributed by atoms with Gasteiger partial charge in [-0.05, 0) is 41.8 Å². The van der Waals surface area contributed by atoms with Crippen LogP contribution in [0.4, 0.5) is 5.69 Å². The van der Waals surface area contributed by atoms with Gasteiger partial charge in [0.2, 0.25) is 5.91 Å². The van der Waals surface area contributed by atoms with E-state index in [1.807, 2.05) is 17.5 Å². The van der Waals surface area contributed by atoms with Crippen molar-refractivity contribution < 1.29 is 4.79 Å². The van der Waals surface area contributed by atoms with E-state index < -0.39 is 0 Å². The van der Waals surface area contributed by atoms with Gasteiger partial charge < -0.3 is 5.32 Å². The lowest BCUT2D eigenvalue weighted by molar-refractivity contribution is -0.117. The average Bonchev–Trinajstić information content (AvgIpc) is 3.06. The SMILES string of the molecule is O=C(Cn1nc(-c2cccs2)ccc1=O)Nc1ccc(Cl)cc1. The van der Waals surface area contributed by atoms with Gasteiger partial charge in [-0.15, -0.1) is 11.3 Å². The molecule has 0 fully saturated rings. The Morgan fingerprint density at radius 1 is 1.17 bits per heavy atom.